The Hall–Kier alpha value is -2.37. The van der Waals surface area contributed by atoms with E-state index in [2.05, 4.69) is 24.3 Å². The lowest BCUT2D eigenvalue weighted by Crippen LogP contribution is -2.50. The highest BCUT2D eigenvalue weighted by molar-refractivity contribution is 5.79. The van der Waals surface area contributed by atoms with Crippen LogP contribution >= 0.6 is 0 Å². The van der Waals surface area contributed by atoms with E-state index in [0.717, 1.165) is 17.0 Å². The average molecular weight is 315 g/mol. The highest BCUT2D eigenvalue weighted by Crippen LogP contribution is 2.26. The fourth-order valence-corrected chi connectivity index (χ4v) is 2.63. The number of hydrogen-bond donors (Lipinski definition) is 2. The van der Waals surface area contributed by atoms with Crippen molar-refractivity contribution >= 4 is 11.6 Å². The third-order valence-electron chi connectivity index (χ3n) is 3.97. The summed E-state index contributed by atoms with van der Waals surface area (Å²) in [6.45, 7) is 2.82. The number of nitrogens with zero attached hydrogens (tertiary/aromatic N) is 1. The molecular formula is C18H23N2O3+. The molecule has 0 radical (unpaired) electrons. The molecule has 0 saturated carbocycles. The maximum Gasteiger partial charge on any atom is 0.298 e. The van der Waals surface area contributed by atoms with Crippen molar-refractivity contribution in [2.45, 2.75) is 13.5 Å². The van der Waals surface area contributed by atoms with Gasteiger partial charge in [-0.15, -0.1) is 0 Å². The van der Waals surface area contributed by atoms with Crippen LogP contribution in [-0.4, -0.2) is 31.8 Å². The van der Waals surface area contributed by atoms with Gasteiger partial charge in [-0.3, -0.25) is 14.5 Å². The van der Waals surface area contributed by atoms with E-state index in [0.29, 0.717) is 11.0 Å². The molecule has 122 valence electrons. The van der Waals surface area contributed by atoms with Crippen LogP contribution in [0.15, 0.2) is 48.5 Å². The molecule has 0 aromatic heterocycles. The van der Waals surface area contributed by atoms with Gasteiger partial charge in [0.2, 0.25) is 0 Å². The first kappa shape index (κ1) is 17.0. The van der Waals surface area contributed by atoms with Gasteiger partial charge in [0.25, 0.3) is 5.91 Å². The van der Waals surface area contributed by atoms with Gasteiger partial charge in [-0.2, -0.15) is 0 Å². The number of carbonyl (C=O) groups excluding carboxylic acids is 1. The normalized spacial score (nSPS) is 13.2. The van der Waals surface area contributed by atoms with E-state index in [9.17, 15) is 4.79 Å². The van der Waals surface area contributed by atoms with Crippen molar-refractivity contribution in [1.29, 1.82) is 0 Å². The molecule has 0 aliphatic heterocycles. The van der Waals surface area contributed by atoms with E-state index >= 15 is 0 Å². The predicted molar refractivity (Wildman–Crippen MR) is 90.4 cm³/mol. The second-order valence-corrected chi connectivity index (χ2v) is 5.93. The molecular weight excluding hydrogens is 292 g/mol. The number of benzene rings is 2. The largest absolute Gasteiger partial charge is 0.497 e. The molecule has 0 bridgehead atoms. The Morgan fingerprint density at radius 1 is 1.13 bits per heavy atom. The summed E-state index contributed by atoms with van der Waals surface area (Å²) in [5, 5.41) is 8.90. The first-order valence-electron chi connectivity index (χ1n) is 7.44. The van der Waals surface area contributed by atoms with Gasteiger partial charge in [0, 0.05) is 17.7 Å². The van der Waals surface area contributed by atoms with Crippen LogP contribution < -0.4 is 14.7 Å². The van der Waals surface area contributed by atoms with Crippen molar-refractivity contribution in [3.05, 3.63) is 59.7 Å². The Balaban J connectivity index is 2.33. The van der Waals surface area contributed by atoms with Gasteiger partial charge in [-0.1, -0.05) is 29.8 Å². The second-order valence-electron chi connectivity index (χ2n) is 5.93. The van der Waals surface area contributed by atoms with Crippen molar-refractivity contribution in [2.24, 2.45) is 0 Å². The minimum absolute atomic E-state index is 0.136. The third kappa shape index (κ3) is 4.31. The highest BCUT2D eigenvalue weighted by atomic mass is 16.5. The third-order valence-corrected chi connectivity index (χ3v) is 3.97. The van der Waals surface area contributed by atoms with E-state index in [1.54, 1.807) is 12.6 Å². The van der Waals surface area contributed by atoms with E-state index in [1.807, 2.05) is 38.2 Å². The number of nitrogens with one attached hydrogen (secondary N) is 1. The molecule has 2 N–H and O–H groups in total. The highest BCUT2D eigenvalue weighted by Gasteiger charge is 2.29. The van der Waals surface area contributed by atoms with Crippen LogP contribution in [0.1, 0.15) is 11.1 Å². The molecule has 1 atom stereocenters. The zero-order chi connectivity index (χ0) is 16.9. The van der Waals surface area contributed by atoms with Crippen molar-refractivity contribution in [3.8, 4) is 5.75 Å². The minimum Gasteiger partial charge on any atom is -0.497 e. The molecule has 0 fully saturated rings. The molecule has 2 rings (SSSR count). The summed E-state index contributed by atoms with van der Waals surface area (Å²) < 4.78 is 5.54. The summed E-state index contributed by atoms with van der Waals surface area (Å²) >= 11 is 0. The summed E-state index contributed by atoms with van der Waals surface area (Å²) in [5.41, 5.74) is 5.02. The van der Waals surface area contributed by atoms with Crippen molar-refractivity contribution in [2.75, 3.05) is 20.7 Å². The van der Waals surface area contributed by atoms with E-state index in [4.69, 9.17) is 9.94 Å². The van der Waals surface area contributed by atoms with Crippen LogP contribution in [0.25, 0.3) is 0 Å². The fraction of sp³-hybridized carbons (Fsp3) is 0.278. The molecule has 5 nitrogen and oxygen atoms in total. The molecule has 1 unspecified atom stereocenters. The lowest BCUT2D eigenvalue weighted by atomic mass is 10.1. The van der Waals surface area contributed by atoms with Crippen LogP contribution in [0.4, 0.5) is 5.69 Å². The molecule has 2 aromatic rings. The van der Waals surface area contributed by atoms with Gasteiger partial charge in [0.05, 0.1) is 14.2 Å². The number of likely N-dealkylation sites (N-methyl/N-ethyl adjacent to an activating group) is 1. The zero-order valence-corrected chi connectivity index (χ0v) is 13.7. The van der Waals surface area contributed by atoms with Crippen molar-refractivity contribution in [3.63, 3.8) is 0 Å². The Morgan fingerprint density at radius 3 is 2.26 bits per heavy atom. The van der Waals surface area contributed by atoms with E-state index in [1.165, 1.54) is 5.56 Å². The zero-order valence-electron chi connectivity index (χ0n) is 13.7. The number of hydroxylamine groups is 1. The summed E-state index contributed by atoms with van der Waals surface area (Å²) in [5.74, 6) is 0.345. The molecule has 23 heavy (non-hydrogen) atoms. The number of ether oxygens (including phenoxy) is 1. The summed E-state index contributed by atoms with van der Waals surface area (Å²) in [4.78, 5) is 11.8. The Kier molecular flexibility index (Phi) is 5.36. The number of quaternary nitrogens is 1. The van der Waals surface area contributed by atoms with Gasteiger partial charge >= 0.3 is 0 Å². The van der Waals surface area contributed by atoms with Gasteiger partial charge in [-0.05, 0) is 19.1 Å². The number of amides is 1. The molecule has 0 saturated heterocycles. The SMILES string of the molecule is COc1ccc([N+](C)(CC(=O)NO)Cc2ccc(C)cc2)cc1. The molecule has 0 aliphatic carbocycles. The van der Waals surface area contributed by atoms with Crippen molar-refractivity contribution < 1.29 is 14.7 Å². The van der Waals surface area contributed by atoms with E-state index < -0.39 is 5.91 Å². The summed E-state index contributed by atoms with van der Waals surface area (Å²) in [6, 6.07) is 15.9. The smallest absolute Gasteiger partial charge is 0.298 e. The number of hydrogen-bond acceptors (Lipinski definition) is 3. The lowest BCUT2D eigenvalue weighted by molar-refractivity contribution is -0.130. The number of rotatable bonds is 6. The molecule has 0 spiro atoms. The average Bonchev–Trinajstić information content (AvgIpc) is 2.57. The minimum atomic E-state index is -0.421. The van der Waals surface area contributed by atoms with E-state index in [-0.39, 0.29) is 6.54 Å². The Bertz CT molecular complexity index is 653. The number of carbonyl (C=O) groups is 1. The molecule has 5 heteroatoms. The van der Waals surface area contributed by atoms with Gasteiger partial charge in [0.1, 0.15) is 18.0 Å². The maximum absolute atomic E-state index is 11.8. The predicted octanol–water partition coefficient (Wildman–Crippen LogP) is 2.65. The monoisotopic (exact) mass is 315 g/mol. The number of aryl methyl sites for hydroxylation is 1. The molecule has 0 heterocycles. The second kappa shape index (κ2) is 7.26. The van der Waals surface area contributed by atoms with Gasteiger partial charge < -0.3 is 4.74 Å². The van der Waals surface area contributed by atoms with Crippen LogP contribution in [0.3, 0.4) is 0 Å². The lowest BCUT2D eigenvalue weighted by Gasteiger charge is -2.33. The first-order valence-corrected chi connectivity index (χ1v) is 7.44. The van der Waals surface area contributed by atoms with Crippen molar-refractivity contribution in [1.82, 2.24) is 9.96 Å². The first-order chi connectivity index (χ1) is 11.0. The van der Waals surface area contributed by atoms with Crippen LogP contribution in [0, 0.1) is 6.92 Å². The molecule has 1 amide bonds. The quantitative estimate of drug-likeness (QED) is 0.489. The maximum atomic E-state index is 11.8. The topological polar surface area (TPSA) is 58.6 Å². The van der Waals surface area contributed by atoms with Crippen LogP contribution in [-0.2, 0) is 11.3 Å². The van der Waals surface area contributed by atoms with Crippen LogP contribution in [0.2, 0.25) is 0 Å². The molecule has 0 aliphatic rings. The molecule has 2 aromatic carbocycles. The Labute approximate surface area is 136 Å². The fourth-order valence-electron chi connectivity index (χ4n) is 2.63. The van der Waals surface area contributed by atoms with Gasteiger partial charge in [-0.25, -0.2) is 5.48 Å². The Morgan fingerprint density at radius 2 is 1.74 bits per heavy atom. The number of methoxy groups -OCH3 is 1. The summed E-state index contributed by atoms with van der Waals surface area (Å²) in [6.07, 6.45) is 0. The summed E-state index contributed by atoms with van der Waals surface area (Å²) in [7, 11) is 3.59. The van der Waals surface area contributed by atoms with Crippen LogP contribution in [0.5, 0.6) is 5.75 Å². The standard InChI is InChI=1S/C18H22N2O3/c1-14-4-6-15(7-5-14)12-20(2,13-18(21)19-22)16-8-10-17(23-3)11-9-16/h4-11H,12-13H2,1-3H3,(H-,19,21,22)/p+1. The van der Waals surface area contributed by atoms with Gasteiger partial charge in [0.15, 0.2) is 6.54 Å².